The average molecular weight is 435 g/mol. The summed E-state index contributed by atoms with van der Waals surface area (Å²) in [5.74, 6) is 0.733. The van der Waals surface area contributed by atoms with Crippen molar-refractivity contribution in [1.82, 2.24) is 14.9 Å². The lowest BCUT2D eigenvalue weighted by Gasteiger charge is -2.21. The van der Waals surface area contributed by atoms with Crippen molar-refractivity contribution >= 4 is 29.2 Å². The van der Waals surface area contributed by atoms with E-state index in [-0.39, 0.29) is 30.0 Å². The topological polar surface area (TPSA) is 132 Å². The number of rotatable bonds is 7. The van der Waals surface area contributed by atoms with Crippen LogP contribution in [0, 0.1) is 17.0 Å². The van der Waals surface area contributed by atoms with Gasteiger partial charge in [-0.2, -0.15) is 4.98 Å². The van der Waals surface area contributed by atoms with Crippen molar-refractivity contribution in [2.45, 2.75) is 20.0 Å². The van der Waals surface area contributed by atoms with Crippen molar-refractivity contribution in [3.8, 4) is 5.88 Å². The number of hydrogen-bond donors (Lipinski definition) is 1. The second kappa shape index (κ2) is 9.35. The van der Waals surface area contributed by atoms with Gasteiger partial charge in [-0.3, -0.25) is 14.7 Å². The first-order valence-electron chi connectivity index (χ1n) is 8.93. The zero-order valence-corrected chi connectivity index (χ0v) is 17.0. The molecule has 0 atom stereocenters. The van der Waals surface area contributed by atoms with E-state index >= 15 is 0 Å². The summed E-state index contributed by atoms with van der Waals surface area (Å²) in [6, 6.07) is 6.88. The molecule has 0 saturated carbocycles. The smallest absolute Gasteiger partial charge is 0.294 e. The lowest BCUT2D eigenvalue weighted by molar-refractivity contribution is -0.763. The van der Waals surface area contributed by atoms with Crippen LogP contribution in [0.25, 0.3) is 0 Å². The van der Waals surface area contributed by atoms with Crippen LogP contribution in [0.15, 0.2) is 29.3 Å². The van der Waals surface area contributed by atoms with Crippen LogP contribution >= 0.6 is 11.6 Å². The van der Waals surface area contributed by atoms with Crippen LogP contribution in [0.4, 0.5) is 5.69 Å². The van der Waals surface area contributed by atoms with Gasteiger partial charge in [0.15, 0.2) is 5.15 Å². The molecule has 1 aliphatic heterocycles. The Balaban J connectivity index is 1.76. The van der Waals surface area contributed by atoms with E-state index in [9.17, 15) is 14.9 Å². The standard InChI is InChI=1S/C18H19ClN6O5/c1-11-21-16(19)15(17(22-11)29-2)23-18-20-7-8-24(18)14(26)9-12-5-3-4-6-13(12)10-30-25(27)28/h3-6H,7-10H2,1-2H3,(H,20,23). The van der Waals surface area contributed by atoms with Crippen molar-refractivity contribution in [2.24, 2.45) is 4.99 Å². The minimum Gasteiger partial charge on any atom is -0.479 e. The molecule has 1 amide bonds. The molecule has 30 heavy (non-hydrogen) atoms. The van der Waals surface area contributed by atoms with Gasteiger partial charge >= 0.3 is 0 Å². The van der Waals surface area contributed by atoms with Crippen LogP contribution in [-0.2, 0) is 22.7 Å². The van der Waals surface area contributed by atoms with Crippen molar-refractivity contribution in [1.29, 1.82) is 0 Å². The van der Waals surface area contributed by atoms with Gasteiger partial charge in [-0.15, -0.1) is 10.1 Å². The number of amides is 1. The average Bonchev–Trinajstić information content (AvgIpc) is 3.17. The predicted molar refractivity (Wildman–Crippen MR) is 108 cm³/mol. The Labute approximate surface area is 176 Å². The molecule has 158 valence electrons. The second-order valence-corrected chi connectivity index (χ2v) is 6.62. The number of ether oxygens (including phenoxy) is 1. The van der Waals surface area contributed by atoms with Crippen LogP contribution < -0.4 is 10.1 Å². The molecule has 0 saturated heterocycles. The summed E-state index contributed by atoms with van der Waals surface area (Å²) >= 11 is 6.21. The molecular formula is C18H19ClN6O5. The van der Waals surface area contributed by atoms with Crippen LogP contribution in [0.2, 0.25) is 5.15 Å². The van der Waals surface area contributed by atoms with Gasteiger partial charge in [0.1, 0.15) is 18.1 Å². The highest BCUT2D eigenvalue weighted by atomic mass is 35.5. The largest absolute Gasteiger partial charge is 0.479 e. The summed E-state index contributed by atoms with van der Waals surface area (Å²) in [4.78, 5) is 41.9. The number of carbonyl (C=O) groups excluding carboxylic acids is 1. The van der Waals surface area contributed by atoms with Gasteiger partial charge in [-0.05, 0) is 18.1 Å². The molecule has 2 aromatic rings. The maximum absolute atomic E-state index is 12.9. The van der Waals surface area contributed by atoms with Gasteiger partial charge < -0.3 is 14.9 Å². The minimum atomic E-state index is -0.867. The third kappa shape index (κ3) is 4.92. The summed E-state index contributed by atoms with van der Waals surface area (Å²) < 4.78 is 5.25. The van der Waals surface area contributed by atoms with Gasteiger partial charge in [0, 0.05) is 6.54 Å². The highest BCUT2D eigenvalue weighted by molar-refractivity contribution is 6.33. The quantitative estimate of drug-likeness (QED) is 0.397. The molecule has 0 unspecified atom stereocenters. The number of hydrogen-bond acceptors (Lipinski definition) is 9. The van der Waals surface area contributed by atoms with E-state index < -0.39 is 5.09 Å². The molecule has 1 aromatic heterocycles. The predicted octanol–water partition coefficient (Wildman–Crippen LogP) is 2.01. The number of benzene rings is 1. The molecule has 2 heterocycles. The first kappa shape index (κ1) is 21.2. The van der Waals surface area contributed by atoms with Crippen LogP contribution in [0.5, 0.6) is 5.88 Å². The van der Waals surface area contributed by atoms with Crippen LogP contribution in [-0.4, -0.2) is 52.0 Å². The Morgan fingerprint density at radius 1 is 1.33 bits per heavy atom. The van der Waals surface area contributed by atoms with Gasteiger partial charge in [0.05, 0.1) is 20.1 Å². The number of carbonyl (C=O) groups is 1. The number of guanidine groups is 1. The van der Waals surface area contributed by atoms with Crippen molar-refractivity contribution < 1.29 is 19.5 Å². The third-order valence-corrected chi connectivity index (χ3v) is 4.57. The lowest BCUT2D eigenvalue weighted by Crippen LogP contribution is -2.39. The molecular weight excluding hydrogens is 416 g/mol. The summed E-state index contributed by atoms with van der Waals surface area (Å²) in [6.45, 7) is 2.23. The molecule has 11 nitrogen and oxygen atoms in total. The normalized spacial score (nSPS) is 13.0. The molecule has 0 spiro atoms. The van der Waals surface area contributed by atoms with Crippen molar-refractivity contribution in [2.75, 3.05) is 25.5 Å². The Hall–Kier alpha value is -3.47. The number of nitrogens with zero attached hydrogens (tertiary/aromatic N) is 5. The first-order chi connectivity index (χ1) is 14.4. The van der Waals surface area contributed by atoms with Crippen molar-refractivity contribution in [3.63, 3.8) is 0 Å². The molecule has 1 aromatic carbocycles. The summed E-state index contributed by atoms with van der Waals surface area (Å²) in [7, 11) is 1.45. The molecule has 0 bridgehead atoms. The monoisotopic (exact) mass is 434 g/mol. The summed E-state index contributed by atoms with van der Waals surface area (Å²) in [6.07, 6.45) is 0.0210. The van der Waals surface area contributed by atoms with E-state index in [1.165, 1.54) is 12.0 Å². The molecule has 3 rings (SSSR count). The molecule has 0 fully saturated rings. The number of halogens is 1. The molecule has 0 aliphatic carbocycles. The fourth-order valence-electron chi connectivity index (χ4n) is 2.93. The minimum absolute atomic E-state index is 0.0210. The number of anilines is 1. The van der Waals surface area contributed by atoms with Crippen molar-refractivity contribution in [3.05, 3.63) is 56.5 Å². The van der Waals surface area contributed by atoms with E-state index in [0.29, 0.717) is 41.7 Å². The fourth-order valence-corrected chi connectivity index (χ4v) is 3.18. The molecule has 0 radical (unpaired) electrons. The Morgan fingerprint density at radius 3 is 2.77 bits per heavy atom. The van der Waals surface area contributed by atoms with Gasteiger partial charge in [-0.1, -0.05) is 35.9 Å². The van der Waals surface area contributed by atoms with Gasteiger partial charge in [0.25, 0.3) is 5.09 Å². The summed E-state index contributed by atoms with van der Waals surface area (Å²) in [5, 5.41) is 12.7. The highest BCUT2D eigenvalue weighted by Crippen LogP contribution is 2.29. The van der Waals surface area contributed by atoms with Gasteiger partial charge in [-0.25, -0.2) is 4.98 Å². The zero-order chi connectivity index (χ0) is 21.7. The highest BCUT2D eigenvalue weighted by Gasteiger charge is 2.26. The van der Waals surface area contributed by atoms with E-state index in [0.717, 1.165) is 0 Å². The molecule has 1 N–H and O–H groups in total. The van der Waals surface area contributed by atoms with Gasteiger partial charge in [0.2, 0.25) is 17.7 Å². The number of aryl methyl sites for hydroxylation is 1. The molecule has 12 heteroatoms. The number of methoxy groups -OCH3 is 1. The number of aliphatic imine (C=N–C) groups is 1. The maximum atomic E-state index is 12.9. The third-order valence-electron chi connectivity index (χ3n) is 4.30. The zero-order valence-electron chi connectivity index (χ0n) is 16.3. The van der Waals surface area contributed by atoms with Crippen LogP contribution in [0.1, 0.15) is 17.0 Å². The number of aromatic nitrogens is 2. The lowest BCUT2D eigenvalue weighted by atomic mass is 10.0. The van der Waals surface area contributed by atoms with E-state index in [2.05, 4.69) is 25.1 Å². The Kier molecular flexibility index (Phi) is 6.62. The maximum Gasteiger partial charge on any atom is 0.294 e. The fraction of sp³-hybridized carbons (Fsp3) is 0.333. The summed E-state index contributed by atoms with van der Waals surface area (Å²) in [5.41, 5.74) is 1.50. The molecule has 1 aliphatic rings. The number of nitrogens with one attached hydrogen (secondary N) is 1. The van der Waals surface area contributed by atoms with E-state index in [1.54, 1.807) is 31.2 Å². The second-order valence-electron chi connectivity index (χ2n) is 6.26. The van der Waals surface area contributed by atoms with Crippen LogP contribution in [0.3, 0.4) is 0 Å². The SMILES string of the molecule is COc1nc(C)nc(Cl)c1NC1=NCCN1C(=O)Cc1ccccc1CO[N+](=O)[O-]. The first-order valence-corrected chi connectivity index (χ1v) is 9.31. The van der Waals surface area contributed by atoms with E-state index in [4.69, 9.17) is 16.3 Å². The Morgan fingerprint density at radius 2 is 2.07 bits per heavy atom. The van der Waals surface area contributed by atoms with E-state index in [1.807, 2.05) is 0 Å². The Bertz CT molecular complexity index is 999.